The first-order chi connectivity index (χ1) is 8.72. The Hall–Kier alpha value is -0.370. The van der Waals surface area contributed by atoms with E-state index >= 15 is 0 Å². The van der Waals surface area contributed by atoms with Crippen molar-refractivity contribution in [2.24, 2.45) is 10.9 Å². The van der Waals surface area contributed by atoms with Gasteiger partial charge in [0, 0.05) is 37.1 Å². The van der Waals surface area contributed by atoms with Crippen molar-refractivity contribution in [1.82, 2.24) is 15.6 Å². The van der Waals surface area contributed by atoms with Crippen LogP contribution in [0.5, 0.6) is 0 Å². The van der Waals surface area contributed by atoms with Crippen LogP contribution in [0.15, 0.2) is 11.2 Å². The van der Waals surface area contributed by atoms with Gasteiger partial charge in [0.2, 0.25) is 0 Å². The van der Waals surface area contributed by atoms with Gasteiger partial charge in [-0.25, -0.2) is 4.98 Å². The number of guanidine groups is 1. The number of thiazole rings is 1. The molecule has 2 N–H and O–H groups in total. The van der Waals surface area contributed by atoms with Crippen molar-refractivity contribution in [2.75, 3.05) is 13.6 Å². The molecule has 19 heavy (non-hydrogen) atoms. The average Bonchev–Trinajstić information content (AvgIpc) is 2.90. The summed E-state index contributed by atoms with van der Waals surface area (Å²) in [5, 5.41) is 7.96. The van der Waals surface area contributed by atoms with Gasteiger partial charge < -0.3 is 10.6 Å². The van der Waals surface area contributed by atoms with Gasteiger partial charge in [0.05, 0.1) is 5.01 Å². The van der Waals surface area contributed by atoms with E-state index in [9.17, 15) is 0 Å². The lowest BCUT2D eigenvalue weighted by Crippen LogP contribution is -2.39. The fourth-order valence-corrected chi connectivity index (χ4v) is 2.67. The summed E-state index contributed by atoms with van der Waals surface area (Å²) >= 11 is 1.81. The summed E-state index contributed by atoms with van der Waals surface area (Å²) in [6.45, 7) is 5.31. The minimum absolute atomic E-state index is 0. The molecule has 6 heteroatoms. The zero-order valence-corrected chi connectivity index (χ0v) is 14.9. The summed E-state index contributed by atoms with van der Waals surface area (Å²) in [4.78, 5) is 10.0. The molecular formula is C13H23IN4S. The molecule has 1 aromatic heterocycles. The van der Waals surface area contributed by atoms with Gasteiger partial charge in [-0.1, -0.05) is 13.8 Å². The van der Waals surface area contributed by atoms with Crippen LogP contribution in [0, 0.1) is 5.92 Å². The molecule has 1 aromatic rings. The van der Waals surface area contributed by atoms with Crippen LogP contribution < -0.4 is 10.6 Å². The van der Waals surface area contributed by atoms with Gasteiger partial charge in [0.25, 0.3) is 0 Å². The Balaban J connectivity index is 0.00000180. The van der Waals surface area contributed by atoms with Gasteiger partial charge in [-0.3, -0.25) is 4.99 Å². The molecule has 108 valence electrons. The quantitative estimate of drug-likeness (QED) is 0.458. The van der Waals surface area contributed by atoms with Crippen molar-refractivity contribution in [3.63, 3.8) is 0 Å². The van der Waals surface area contributed by atoms with E-state index in [0.29, 0.717) is 6.04 Å². The summed E-state index contributed by atoms with van der Waals surface area (Å²) in [6, 6.07) is 0.614. The van der Waals surface area contributed by atoms with E-state index in [1.807, 2.05) is 24.6 Å². The largest absolute Gasteiger partial charge is 0.356 e. The fourth-order valence-electron chi connectivity index (χ4n) is 1.81. The summed E-state index contributed by atoms with van der Waals surface area (Å²) < 4.78 is 0. The Bertz CT molecular complexity index is 419. The first kappa shape index (κ1) is 16.7. The molecule has 1 aliphatic carbocycles. The lowest BCUT2D eigenvalue weighted by molar-refractivity contribution is 0.756. The molecule has 2 atom stereocenters. The van der Waals surface area contributed by atoms with Crippen LogP contribution in [0.1, 0.15) is 30.2 Å². The number of nitrogens with zero attached hydrogens (tertiary/aromatic N) is 2. The highest BCUT2D eigenvalue weighted by atomic mass is 127. The van der Waals surface area contributed by atoms with Crippen LogP contribution in [0.2, 0.25) is 0 Å². The third-order valence-corrected chi connectivity index (χ3v) is 4.44. The summed E-state index contributed by atoms with van der Waals surface area (Å²) in [6.07, 6.45) is 5.28. The predicted octanol–water partition coefficient (Wildman–Crippen LogP) is 2.44. The smallest absolute Gasteiger partial charge is 0.191 e. The molecule has 2 unspecified atom stereocenters. The Morgan fingerprint density at radius 3 is 2.84 bits per heavy atom. The van der Waals surface area contributed by atoms with Gasteiger partial charge in [-0.15, -0.1) is 35.3 Å². The third kappa shape index (κ3) is 5.25. The molecule has 1 saturated carbocycles. The van der Waals surface area contributed by atoms with Gasteiger partial charge in [-0.2, -0.15) is 0 Å². The maximum atomic E-state index is 4.41. The number of hydrogen-bond acceptors (Lipinski definition) is 3. The first-order valence-electron chi connectivity index (χ1n) is 6.63. The van der Waals surface area contributed by atoms with Crippen LogP contribution >= 0.6 is 35.3 Å². The minimum atomic E-state index is 0. The molecule has 0 aromatic carbocycles. The van der Waals surface area contributed by atoms with E-state index in [1.54, 1.807) is 0 Å². The van der Waals surface area contributed by atoms with E-state index in [-0.39, 0.29) is 24.0 Å². The molecule has 4 nitrogen and oxygen atoms in total. The van der Waals surface area contributed by atoms with Crippen LogP contribution in [0.3, 0.4) is 0 Å². The molecule has 0 saturated heterocycles. The molecule has 1 aliphatic rings. The van der Waals surface area contributed by atoms with Crippen molar-refractivity contribution in [1.29, 1.82) is 0 Å². The van der Waals surface area contributed by atoms with E-state index in [4.69, 9.17) is 0 Å². The molecule has 0 amide bonds. The van der Waals surface area contributed by atoms with Crippen LogP contribution in [0.25, 0.3) is 0 Å². The number of aryl methyl sites for hydroxylation is 1. The lowest BCUT2D eigenvalue weighted by atomic mass is 10.4. The van der Waals surface area contributed by atoms with E-state index in [1.165, 1.54) is 16.3 Å². The maximum absolute atomic E-state index is 4.41. The number of nitrogens with one attached hydrogen (secondary N) is 2. The van der Waals surface area contributed by atoms with Gasteiger partial charge in [0.1, 0.15) is 0 Å². The average molecular weight is 394 g/mol. The van der Waals surface area contributed by atoms with Crippen molar-refractivity contribution in [3.8, 4) is 0 Å². The number of aliphatic imine (C=N–C) groups is 1. The van der Waals surface area contributed by atoms with Crippen LogP contribution in [0.4, 0.5) is 0 Å². The number of aromatic nitrogens is 1. The second kappa shape index (κ2) is 8.04. The maximum Gasteiger partial charge on any atom is 0.191 e. The highest BCUT2D eigenvalue weighted by Crippen LogP contribution is 2.28. The zero-order valence-electron chi connectivity index (χ0n) is 11.8. The van der Waals surface area contributed by atoms with Crippen LogP contribution in [-0.4, -0.2) is 30.6 Å². The minimum Gasteiger partial charge on any atom is -0.356 e. The number of rotatable bonds is 5. The molecule has 1 heterocycles. The molecule has 2 rings (SSSR count). The third-order valence-electron chi connectivity index (χ3n) is 3.24. The molecule has 0 aliphatic heterocycles. The van der Waals surface area contributed by atoms with Crippen molar-refractivity contribution in [2.45, 2.75) is 39.2 Å². The predicted molar refractivity (Wildman–Crippen MR) is 92.7 cm³/mol. The first-order valence-corrected chi connectivity index (χ1v) is 7.45. The normalized spacial score (nSPS) is 21.7. The number of halogens is 1. The molecule has 0 spiro atoms. The van der Waals surface area contributed by atoms with Gasteiger partial charge in [0.15, 0.2) is 5.96 Å². The Kier molecular flexibility index (Phi) is 7.06. The highest BCUT2D eigenvalue weighted by molar-refractivity contribution is 14.0. The molecule has 1 fully saturated rings. The summed E-state index contributed by atoms with van der Waals surface area (Å²) in [5.41, 5.74) is 0. The fraction of sp³-hybridized carbons (Fsp3) is 0.692. The molecular weight excluding hydrogens is 371 g/mol. The highest BCUT2D eigenvalue weighted by Gasteiger charge is 2.33. The Labute approximate surface area is 136 Å². The SMILES string of the molecule is CCc1cnc(CCNC(=NC)NC2CC2C)s1.I. The monoisotopic (exact) mass is 394 g/mol. The van der Waals surface area contributed by atoms with E-state index in [0.717, 1.165) is 31.3 Å². The topological polar surface area (TPSA) is 49.3 Å². The second-order valence-corrected chi connectivity index (χ2v) is 5.99. The molecule has 0 bridgehead atoms. The number of hydrogen-bond donors (Lipinski definition) is 2. The lowest BCUT2D eigenvalue weighted by Gasteiger charge is -2.10. The van der Waals surface area contributed by atoms with Crippen LogP contribution in [-0.2, 0) is 12.8 Å². The molecule has 0 radical (unpaired) electrons. The van der Waals surface area contributed by atoms with Crippen molar-refractivity contribution >= 4 is 41.3 Å². The van der Waals surface area contributed by atoms with E-state index in [2.05, 4.69) is 34.5 Å². The summed E-state index contributed by atoms with van der Waals surface area (Å²) in [7, 11) is 1.82. The van der Waals surface area contributed by atoms with Crippen molar-refractivity contribution in [3.05, 3.63) is 16.1 Å². The Morgan fingerprint density at radius 2 is 2.32 bits per heavy atom. The zero-order chi connectivity index (χ0) is 13.0. The summed E-state index contributed by atoms with van der Waals surface area (Å²) in [5.74, 6) is 1.70. The van der Waals surface area contributed by atoms with Gasteiger partial charge >= 0.3 is 0 Å². The standard InChI is InChI=1S/C13H22N4S.HI/c1-4-10-8-16-12(18-10)5-6-15-13(14-3)17-11-7-9(11)2;/h8-9,11H,4-7H2,1-3H3,(H2,14,15,17);1H. The van der Waals surface area contributed by atoms with Gasteiger partial charge in [-0.05, 0) is 18.8 Å². The van der Waals surface area contributed by atoms with E-state index < -0.39 is 0 Å². The second-order valence-electron chi connectivity index (χ2n) is 4.79. The van der Waals surface area contributed by atoms with Crippen molar-refractivity contribution < 1.29 is 0 Å². The Morgan fingerprint density at radius 1 is 1.58 bits per heavy atom.